The number of carbonyl (C=O) groups excluding carboxylic acids is 4. The predicted octanol–water partition coefficient (Wildman–Crippen LogP) is 8.63. The number of carbonyl (C=O) groups is 4. The lowest BCUT2D eigenvalue weighted by Crippen LogP contribution is -2.64. The zero-order chi connectivity index (χ0) is 51.4. The van der Waals surface area contributed by atoms with Gasteiger partial charge in [0.15, 0.2) is 31.1 Å². The fourth-order valence-corrected chi connectivity index (χ4v) is 9.42. The first-order valence-electron chi connectivity index (χ1n) is 25.0. The molecule has 15 atom stereocenters. The van der Waals surface area contributed by atoms with Gasteiger partial charge in [0.2, 0.25) is 0 Å². The zero-order valence-corrected chi connectivity index (χ0v) is 41.6. The van der Waals surface area contributed by atoms with Crippen LogP contribution >= 0.6 is 0 Å². The van der Waals surface area contributed by atoms with E-state index in [1.54, 1.807) is 135 Å². The predicted molar refractivity (Wildman–Crippen MR) is 265 cm³/mol. The highest BCUT2D eigenvalue weighted by atomic mass is 16.8. The summed E-state index contributed by atoms with van der Waals surface area (Å²) in [6.07, 6.45) is -11.8. The summed E-state index contributed by atoms with van der Waals surface area (Å²) in [5, 5.41) is 12.1. The number of aliphatic hydroxyl groups excluding tert-OH is 1. The van der Waals surface area contributed by atoms with E-state index in [-0.39, 0.29) is 48.9 Å². The first-order chi connectivity index (χ1) is 35.4. The Labute approximate surface area is 425 Å². The van der Waals surface area contributed by atoms with Crippen molar-refractivity contribution >= 4 is 23.9 Å². The summed E-state index contributed by atoms with van der Waals surface area (Å²) in [6.45, 7) is 9.20. The first-order valence-corrected chi connectivity index (χ1v) is 25.0. The minimum absolute atomic E-state index is 0.0267. The Morgan fingerprint density at radius 1 is 0.438 bits per heavy atom. The first kappa shape index (κ1) is 53.0. The van der Waals surface area contributed by atoms with Crippen LogP contribution < -0.4 is 0 Å². The molecule has 0 amide bonds. The highest BCUT2D eigenvalue weighted by Crippen LogP contribution is 2.41. The van der Waals surface area contributed by atoms with Crippen LogP contribution in [0.1, 0.15) is 88.0 Å². The van der Waals surface area contributed by atoms with Crippen molar-refractivity contribution in [1.82, 2.24) is 0 Å². The second kappa shape index (κ2) is 25.1. The molecule has 0 radical (unpaired) electrons. The smallest absolute Gasteiger partial charge is 0.338 e. The highest BCUT2D eigenvalue weighted by molar-refractivity contribution is 5.91. The molecule has 8 rings (SSSR count). The largest absolute Gasteiger partial charge is 0.459 e. The number of hydrogen-bond acceptors (Lipinski definition) is 15. The summed E-state index contributed by atoms with van der Waals surface area (Å²) in [4.78, 5) is 55.0. The Hall–Kier alpha value is -6.30. The van der Waals surface area contributed by atoms with Gasteiger partial charge in [-0.3, -0.25) is 0 Å². The molecule has 0 saturated carbocycles. The summed E-state index contributed by atoms with van der Waals surface area (Å²) in [5.74, 6) is -4.54. The Morgan fingerprint density at radius 3 is 1.32 bits per heavy atom. The fourth-order valence-electron chi connectivity index (χ4n) is 9.42. The summed E-state index contributed by atoms with van der Waals surface area (Å²) in [6, 6.07) is 43.2. The molecule has 386 valence electrons. The van der Waals surface area contributed by atoms with Gasteiger partial charge in [0.05, 0.1) is 35.0 Å². The van der Waals surface area contributed by atoms with Gasteiger partial charge in [-0.25, -0.2) is 19.2 Å². The van der Waals surface area contributed by atoms with E-state index >= 15 is 0 Å². The van der Waals surface area contributed by atoms with Crippen LogP contribution in [0.25, 0.3) is 0 Å². The van der Waals surface area contributed by atoms with Gasteiger partial charge >= 0.3 is 23.9 Å². The minimum Gasteiger partial charge on any atom is -0.459 e. The monoisotopic (exact) mass is 1000 g/mol. The zero-order valence-electron chi connectivity index (χ0n) is 41.6. The summed E-state index contributed by atoms with van der Waals surface area (Å²) in [7, 11) is 0. The van der Waals surface area contributed by atoms with Crippen molar-refractivity contribution < 1.29 is 71.7 Å². The Bertz CT molecular complexity index is 2530. The molecule has 3 heterocycles. The van der Waals surface area contributed by atoms with Gasteiger partial charge in [-0.1, -0.05) is 138 Å². The Kier molecular flexibility index (Phi) is 18.2. The third-order valence-electron chi connectivity index (χ3n) is 14.1. The molecule has 5 aromatic rings. The molecule has 0 aromatic heterocycles. The number of rotatable bonds is 18. The molecular formula is C58H64O15. The highest BCUT2D eigenvalue weighted by Gasteiger charge is 2.55. The summed E-state index contributed by atoms with van der Waals surface area (Å²) in [5.41, 5.74) is 1.96. The van der Waals surface area contributed by atoms with Crippen molar-refractivity contribution in [3.8, 4) is 0 Å². The van der Waals surface area contributed by atoms with E-state index < -0.39 is 97.3 Å². The van der Waals surface area contributed by atoms with Crippen LogP contribution in [0.3, 0.4) is 0 Å². The topological polar surface area (TPSA) is 181 Å². The van der Waals surface area contributed by atoms with E-state index in [0.29, 0.717) is 17.5 Å². The maximum atomic E-state index is 14.4. The molecule has 0 bridgehead atoms. The molecule has 3 saturated heterocycles. The molecule has 0 aliphatic carbocycles. The van der Waals surface area contributed by atoms with Crippen LogP contribution in [0, 0.1) is 23.7 Å². The van der Waals surface area contributed by atoms with Crippen molar-refractivity contribution in [1.29, 1.82) is 0 Å². The number of esters is 4. The van der Waals surface area contributed by atoms with Crippen molar-refractivity contribution in [3.05, 3.63) is 179 Å². The third-order valence-corrected chi connectivity index (χ3v) is 14.1. The maximum absolute atomic E-state index is 14.4. The molecule has 73 heavy (non-hydrogen) atoms. The minimum atomic E-state index is -1.58. The molecule has 3 fully saturated rings. The number of hydrogen-bond donors (Lipinski definition) is 1. The van der Waals surface area contributed by atoms with Crippen LogP contribution in [0.2, 0.25) is 0 Å². The second-order valence-electron chi connectivity index (χ2n) is 18.9. The standard InChI is InChI=1S/C58H64O15/c1-6-44-35(2)36(3)49(56(67-44)66-32-39-22-12-7-13-23-39)73-58-51(71-55(63)43-30-20-11-21-31-43)48(38(5)46(69-58)34-65-53(61)41-26-16-9-17-27-41)72-57-50(70-54(62)42-28-18-10-19-29-42)47(59)37(4)45(68-57)33-64-52(60)40-24-14-8-15-25-40/h7-31,35-38,44-51,56-59H,6,32-34H2,1-5H3/t35-,36+,37+,38+,44?,45?,46?,47+,48+,49?,50?,51?,56-,57+,58+/m1/s1. The fraction of sp³-hybridized carbons (Fsp3) is 0.414. The number of benzene rings is 5. The van der Waals surface area contributed by atoms with Crippen molar-refractivity contribution in [2.45, 2.75) is 115 Å². The lowest BCUT2D eigenvalue weighted by atomic mass is 9.82. The SMILES string of the molecule is CCC1O[C@@H](OCc2ccccc2)C(O[C@@H]2OC(COC(=O)c3ccccc3)[C@H](C)[C@H](O[C@@H]3OC(COC(=O)c4ccccc4)[C@H](C)[C@H](O)C3OC(=O)c3ccccc3)C2OC(=O)c2ccccc2)[C@@H](C)[C@H]1C. The van der Waals surface area contributed by atoms with E-state index in [0.717, 1.165) is 5.56 Å². The van der Waals surface area contributed by atoms with Gasteiger partial charge in [-0.15, -0.1) is 0 Å². The van der Waals surface area contributed by atoms with Gasteiger partial charge in [-0.2, -0.15) is 0 Å². The van der Waals surface area contributed by atoms with E-state index in [1.165, 1.54) is 0 Å². The van der Waals surface area contributed by atoms with Gasteiger partial charge in [0.25, 0.3) is 0 Å². The molecule has 3 aliphatic rings. The van der Waals surface area contributed by atoms with Gasteiger partial charge in [0.1, 0.15) is 43.7 Å². The number of aliphatic hydroxyl groups is 1. The maximum Gasteiger partial charge on any atom is 0.338 e. The quantitative estimate of drug-likeness (QED) is 0.0650. The van der Waals surface area contributed by atoms with Gasteiger partial charge in [-0.05, 0) is 72.4 Å². The van der Waals surface area contributed by atoms with E-state index in [9.17, 15) is 24.3 Å². The Balaban J connectivity index is 1.17. The third kappa shape index (κ3) is 13.1. The summed E-state index contributed by atoms with van der Waals surface area (Å²) >= 11 is 0. The molecule has 3 aliphatic heterocycles. The molecule has 6 unspecified atom stereocenters. The number of ether oxygens (including phenoxy) is 10. The van der Waals surface area contributed by atoms with E-state index in [1.807, 2.05) is 44.2 Å². The van der Waals surface area contributed by atoms with Gasteiger partial charge < -0.3 is 52.5 Å². The average molecular weight is 1000 g/mol. The van der Waals surface area contributed by atoms with Crippen LogP contribution in [0.5, 0.6) is 0 Å². The van der Waals surface area contributed by atoms with Crippen LogP contribution in [-0.2, 0) is 54.0 Å². The second-order valence-corrected chi connectivity index (χ2v) is 18.9. The van der Waals surface area contributed by atoms with Crippen LogP contribution in [-0.4, -0.2) is 110 Å². The average Bonchev–Trinajstić information content (AvgIpc) is 3.43. The van der Waals surface area contributed by atoms with Crippen LogP contribution in [0.4, 0.5) is 0 Å². The van der Waals surface area contributed by atoms with Crippen molar-refractivity contribution in [2.24, 2.45) is 23.7 Å². The van der Waals surface area contributed by atoms with Crippen LogP contribution in [0.15, 0.2) is 152 Å². The molecule has 1 N–H and O–H groups in total. The summed E-state index contributed by atoms with van der Waals surface area (Å²) < 4.78 is 64.9. The van der Waals surface area contributed by atoms with E-state index in [4.69, 9.17) is 47.4 Å². The normalized spacial score (nSPS) is 30.1. The van der Waals surface area contributed by atoms with Crippen molar-refractivity contribution in [2.75, 3.05) is 13.2 Å². The van der Waals surface area contributed by atoms with Gasteiger partial charge in [0, 0.05) is 11.8 Å². The molecule has 5 aromatic carbocycles. The lowest BCUT2D eigenvalue weighted by Gasteiger charge is -2.50. The molecule has 15 nitrogen and oxygen atoms in total. The Morgan fingerprint density at radius 2 is 0.836 bits per heavy atom. The molecular weight excluding hydrogens is 937 g/mol. The van der Waals surface area contributed by atoms with Crippen molar-refractivity contribution in [3.63, 3.8) is 0 Å². The molecule has 15 heteroatoms. The molecule has 0 spiro atoms. The lowest BCUT2D eigenvalue weighted by molar-refractivity contribution is -0.371. The van der Waals surface area contributed by atoms with E-state index in [2.05, 4.69) is 6.92 Å².